The van der Waals surface area contributed by atoms with Gasteiger partial charge >= 0.3 is 5.69 Å². The minimum absolute atomic E-state index is 0.319. The van der Waals surface area contributed by atoms with Crippen molar-refractivity contribution < 1.29 is 0 Å². The van der Waals surface area contributed by atoms with Gasteiger partial charge in [0.05, 0.1) is 6.04 Å². The largest absolute Gasteiger partial charge is 0.364 e. The number of fused-ring (bicyclic) bond motifs is 1. The SMILES string of the molecule is O=c1[nH]nc2ccc(NC3CNC3)nn12. The molecule has 0 unspecified atom stereocenters. The third kappa shape index (κ3) is 1.37. The first-order chi connectivity index (χ1) is 7.33. The smallest absolute Gasteiger partial charge is 0.363 e. The third-order valence-corrected chi connectivity index (χ3v) is 2.41. The second-order valence-corrected chi connectivity index (χ2v) is 3.52. The van der Waals surface area contributed by atoms with Crippen molar-refractivity contribution in [3.8, 4) is 0 Å². The molecule has 0 aromatic carbocycles. The minimum Gasteiger partial charge on any atom is -0.363 e. The molecule has 3 rings (SSSR count). The zero-order chi connectivity index (χ0) is 10.3. The Kier molecular flexibility index (Phi) is 1.72. The summed E-state index contributed by atoms with van der Waals surface area (Å²) in [7, 11) is 0. The summed E-state index contributed by atoms with van der Waals surface area (Å²) < 4.78 is 1.24. The van der Waals surface area contributed by atoms with Gasteiger partial charge < -0.3 is 10.6 Å². The van der Waals surface area contributed by atoms with Gasteiger partial charge in [0.25, 0.3) is 0 Å². The molecule has 3 heterocycles. The molecule has 0 amide bonds. The van der Waals surface area contributed by atoms with Crippen molar-refractivity contribution in [3.63, 3.8) is 0 Å². The molecule has 1 aliphatic rings. The summed E-state index contributed by atoms with van der Waals surface area (Å²) in [5, 5.41) is 16.6. The van der Waals surface area contributed by atoms with E-state index in [1.165, 1.54) is 4.52 Å². The molecular formula is C8H10N6O. The van der Waals surface area contributed by atoms with Crippen LogP contribution in [0.25, 0.3) is 5.65 Å². The molecule has 78 valence electrons. The summed E-state index contributed by atoms with van der Waals surface area (Å²) in [5.74, 6) is 0.692. The fraction of sp³-hybridized carbons (Fsp3) is 0.375. The van der Waals surface area contributed by atoms with E-state index in [1.807, 2.05) is 6.07 Å². The van der Waals surface area contributed by atoms with Gasteiger partial charge in [-0.15, -0.1) is 5.10 Å². The molecule has 0 atom stereocenters. The van der Waals surface area contributed by atoms with E-state index < -0.39 is 0 Å². The van der Waals surface area contributed by atoms with Crippen LogP contribution in [-0.2, 0) is 0 Å². The maximum absolute atomic E-state index is 11.2. The highest BCUT2D eigenvalue weighted by Gasteiger charge is 2.16. The summed E-state index contributed by atoms with van der Waals surface area (Å²) in [6.45, 7) is 1.86. The Morgan fingerprint density at radius 3 is 3.07 bits per heavy atom. The highest BCUT2D eigenvalue weighted by Crippen LogP contribution is 2.06. The first-order valence-corrected chi connectivity index (χ1v) is 4.75. The van der Waals surface area contributed by atoms with E-state index in [-0.39, 0.29) is 5.69 Å². The van der Waals surface area contributed by atoms with Crippen LogP contribution in [0.1, 0.15) is 0 Å². The van der Waals surface area contributed by atoms with Gasteiger partial charge in [0.15, 0.2) is 5.65 Å². The van der Waals surface area contributed by atoms with Crippen molar-refractivity contribution in [3.05, 3.63) is 22.6 Å². The molecule has 7 nitrogen and oxygen atoms in total. The number of aromatic nitrogens is 4. The number of anilines is 1. The molecule has 1 fully saturated rings. The predicted molar refractivity (Wildman–Crippen MR) is 53.9 cm³/mol. The maximum atomic E-state index is 11.2. The number of nitrogens with one attached hydrogen (secondary N) is 3. The fourth-order valence-corrected chi connectivity index (χ4v) is 1.48. The van der Waals surface area contributed by atoms with Crippen LogP contribution in [0, 0.1) is 0 Å². The average Bonchev–Trinajstić information content (AvgIpc) is 2.55. The van der Waals surface area contributed by atoms with E-state index in [4.69, 9.17) is 0 Å². The third-order valence-electron chi connectivity index (χ3n) is 2.41. The van der Waals surface area contributed by atoms with Gasteiger partial charge in [0.1, 0.15) is 5.82 Å². The van der Waals surface area contributed by atoms with Crippen LogP contribution in [0.2, 0.25) is 0 Å². The molecule has 3 N–H and O–H groups in total. The van der Waals surface area contributed by atoms with Crippen molar-refractivity contribution in [2.45, 2.75) is 6.04 Å². The summed E-state index contributed by atoms with van der Waals surface area (Å²) in [4.78, 5) is 11.2. The average molecular weight is 206 g/mol. The second kappa shape index (κ2) is 3.06. The van der Waals surface area contributed by atoms with Gasteiger partial charge in [-0.05, 0) is 12.1 Å². The Morgan fingerprint density at radius 2 is 2.33 bits per heavy atom. The highest BCUT2D eigenvalue weighted by atomic mass is 16.2. The molecule has 0 aliphatic carbocycles. The van der Waals surface area contributed by atoms with Gasteiger partial charge in [-0.1, -0.05) is 0 Å². The lowest BCUT2D eigenvalue weighted by Gasteiger charge is -2.28. The van der Waals surface area contributed by atoms with E-state index in [2.05, 4.69) is 25.9 Å². The molecule has 0 bridgehead atoms. The standard InChI is InChI=1S/C8H10N6O/c15-8-12-11-7-2-1-6(13-14(7)8)10-5-3-9-4-5/h1-2,5,9H,3-4H2,(H,10,13)(H,12,15). The van der Waals surface area contributed by atoms with Gasteiger partial charge in [-0.3, -0.25) is 0 Å². The Morgan fingerprint density at radius 1 is 1.47 bits per heavy atom. The zero-order valence-corrected chi connectivity index (χ0v) is 7.90. The highest BCUT2D eigenvalue weighted by molar-refractivity contribution is 5.43. The molecule has 7 heteroatoms. The molecule has 2 aromatic heterocycles. The first kappa shape index (κ1) is 8.42. The van der Waals surface area contributed by atoms with Gasteiger partial charge in [-0.2, -0.15) is 9.61 Å². The van der Waals surface area contributed by atoms with Crippen LogP contribution >= 0.6 is 0 Å². The lowest BCUT2D eigenvalue weighted by molar-refractivity contribution is 0.470. The van der Waals surface area contributed by atoms with Crippen LogP contribution in [0.4, 0.5) is 5.82 Å². The van der Waals surface area contributed by atoms with E-state index in [0.717, 1.165) is 13.1 Å². The predicted octanol–water partition coefficient (Wildman–Crippen LogP) is -1.20. The number of hydrogen-bond acceptors (Lipinski definition) is 5. The van der Waals surface area contributed by atoms with Crippen LogP contribution in [0.5, 0.6) is 0 Å². The monoisotopic (exact) mass is 206 g/mol. The number of hydrogen-bond donors (Lipinski definition) is 3. The Hall–Kier alpha value is -1.89. The number of nitrogens with zero attached hydrogens (tertiary/aromatic N) is 3. The molecule has 0 saturated carbocycles. The molecule has 1 saturated heterocycles. The van der Waals surface area contributed by atoms with E-state index >= 15 is 0 Å². The summed E-state index contributed by atoms with van der Waals surface area (Å²) in [6.07, 6.45) is 0. The van der Waals surface area contributed by atoms with E-state index in [0.29, 0.717) is 17.5 Å². The summed E-state index contributed by atoms with van der Waals surface area (Å²) in [6, 6.07) is 3.96. The maximum Gasteiger partial charge on any atom is 0.364 e. The topological polar surface area (TPSA) is 87.1 Å². The van der Waals surface area contributed by atoms with Crippen LogP contribution in [-0.4, -0.2) is 38.9 Å². The normalized spacial score (nSPS) is 16.5. The molecule has 0 radical (unpaired) electrons. The number of rotatable bonds is 2. The molecule has 15 heavy (non-hydrogen) atoms. The Bertz CT molecular complexity index is 539. The van der Waals surface area contributed by atoms with E-state index in [1.54, 1.807) is 6.07 Å². The fourth-order valence-electron chi connectivity index (χ4n) is 1.48. The first-order valence-electron chi connectivity index (χ1n) is 4.75. The number of H-pyrrole nitrogens is 1. The van der Waals surface area contributed by atoms with Crippen molar-refractivity contribution >= 4 is 11.5 Å². The second-order valence-electron chi connectivity index (χ2n) is 3.52. The van der Waals surface area contributed by atoms with Crippen molar-refractivity contribution in [1.29, 1.82) is 0 Å². The Balaban J connectivity index is 1.97. The zero-order valence-electron chi connectivity index (χ0n) is 7.90. The minimum atomic E-state index is -0.319. The summed E-state index contributed by atoms with van der Waals surface area (Å²) in [5.41, 5.74) is 0.206. The quantitative estimate of drug-likeness (QED) is 0.574. The lowest BCUT2D eigenvalue weighted by Crippen LogP contribution is -2.51. The van der Waals surface area contributed by atoms with Gasteiger partial charge in [0, 0.05) is 13.1 Å². The molecular weight excluding hydrogens is 196 g/mol. The molecule has 2 aromatic rings. The van der Waals surface area contributed by atoms with Gasteiger partial charge in [0.2, 0.25) is 0 Å². The van der Waals surface area contributed by atoms with E-state index in [9.17, 15) is 4.79 Å². The lowest BCUT2D eigenvalue weighted by atomic mass is 10.2. The van der Waals surface area contributed by atoms with Crippen LogP contribution in [0.3, 0.4) is 0 Å². The summed E-state index contributed by atoms with van der Waals surface area (Å²) >= 11 is 0. The molecule has 0 spiro atoms. The van der Waals surface area contributed by atoms with Gasteiger partial charge in [-0.25, -0.2) is 9.89 Å². The molecule has 1 aliphatic heterocycles. The number of aromatic amines is 1. The van der Waals surface area contributed by atoms with Crippen LogP contribution < -0.4 is 16.3 Å². The van der Waals surface area contributed by atoms with Crippen molar-refractivity contribution in [2.24, 2.45) is 0 Å². The van der Waals surface area contributed by atoms with Crippen LogP contribution in [0.15, 0.2) is 16.9 Å². The Labute approximate surface area is 84.5 Å². The van der Waals surface area contributed by atoms with Crippen molar-refractivity contribution in [2.75, 3.05) is 18.4 Å². The van der Waals surface area contributed by atoms with Crippen molar-refractivity contribution in [1.82, 2.24) is 25.1 Å².